The predicted molar refractivity (Wildman–Crippen MR) is 93.8 cm³/mol. The van der Waals surface area contributed by atoms with E-state index in [0.29, 0.717) is 19.6 Å². The van der Waals surface area contributed by atoms with E-state index in [9.17, 15) is 9.59 Å². The van der Waals surface area contributed by atoms with Crippen molar-refractivity contribution in [2.45, 2.75) is 58.5 Å². The number of nitrogens with zero attached hydrogens (tertiary/aromatic N) is 1. The van der Waals surface area contributed by atoms with E-state index in [4.69, 9.17) is 4.74 Å². The minimum absolute atomic E-state index is 0.0636. The van der Waals surface area contributed by atoms with E-state index < -0.39 is 0 Å². The van der Waals surface area contributed by atoms with Crippen LogP contribution in [0.5, 0.6) is 5.75 Å². The maximum atomic E-state index is 12.6. The Balaban J connectivity index is 2.00. The molecular weight excluding hydrogens is 304 g/mol. The molecule has 0 aliphatic carbocycles. The Kier molecular flexibility index (Phi) is 6.64. The smallest absolute Gasteiger partial charge is 0.243 e. The SMILES string of the molecule is CCCC(=O)N1CCC[C@@H]1C(=O)N[C@@H](C)c1cccc(OCC)c1. The quantitative estimate of drug-likeness (QED) is 0.835. The molecule has 1 saturated heterocycles. The number of hydrogen-bond acceptors (Lipinski definition) is 3. The lowest BCUT2D eigenvalue weighted by atomic mass is 10.1. The summed E-state index contributed by atoms with van der Waals surface area (Å²) in [4.78, 5) is 26.5. The molecule has 0 unspecified atom stereocenters. The summed E-state index contributed by atoms with van der Waals surface area (Å²) in [5, 5.41) is 3.05. The van der Waals surface area contributed by atoms with E-state index in [-0.39, 0.29) is 23.9 Å². The number of carbonyl (C=O) groups excluding carboxylic acids is 2. The lowest BCUT2D eigenvalue weighted by Gasteiger charge is -2.25. The highest BCUT2D eigenvalue weighted by Crippen LogP contribution is 2.22. The van der Waals surface area contributed by atoms with Crippen LogP contribution in [0.2, 0.25) is 0 Å². The molecule has 1 heterocycles. The van der Waals surface area contributed by atoms with Crippen LogP contribution in [0.1, 0.15) is 58.1 Å². The van der Waals surface area contributed by atoms with Gasteiger partial charge in [0.1, 0.15) is 11.8 Å². The molecule has 1 N–H and O–H groups in total. The van der Waals surface area contributed by atoms with Crippen LogP contribution in [0.3, 0.4) is 0 Å². The first-order valence-electron chi connectivity index (χ1n) is 8.89. The van der Waals surface area contributed by atoms with Crippen LogP contribution in [0.15, 0.2) is 24.3 Å². The third-order valence-electron chi connectivity index (χ3n) is 4.37. The molecule has 0 spiro atoms. The first-order chi connectivity index (χ1) is 11.6. The predicted octanol–water partition coefficient (Wildman–Crippen LogP) is 3.05. The van der Waals surface area contributed by atoms with Gasteiger partial charge in [0.05, 0.1) is 12.6 Å². The van der Waals surface area contributed by atoms with Gasteiger partial charge in [-0.1, -0.05) is 19.1 Å². The molecule has 0 saturated carbocycles. The number of rotatable bonds is 7. The fourth-order valence-electron chi connectivity index (χ4n) is 3.13. The topological polar surface area (TPSA) is 58.6 Å². The van der Waals surface area contributed by atoms with E-state index >= 15 is 0 Å². The van der Waals surface area contributed by atoms with Crippen molar-refractivity contribution in [3.8, 4) is 5.75 Å². The van der Waals surface area contributed by atoms with Gasteiger partial charge in [-0.15, -0.1) is 0 Å². The standard InChI is InChI=1S/C19H28N2O3/c1-4-8-18(22)21-12-7-11-17(21)19(23)20-14(3)15-9-6-10-16(13-15)24-5-2/h6,9-10,13-14,17H,4-5,7-8,11-12H2,1-3H3,(H,20,23)/t14-,17+/m0/s1. The Hall–Kier alpha value is -2.04. The average Bonchev–Trinajstić information content (AvgIpc) is 3.05. The van der Waals surface area contributed by atoms with Crippen LogP contribution in [0.25, 0.3) is 0 Å². The van der Waals surface area contributed by atoms with Gasteiger partial charge in [0, 0.05) is 13.0 Å². The Labute approximate surface area is 144 Å². The zero-order valence-electron chi connectivity index (χ0n) is 14.9. The van der Waals surface area contributed by atoms with Gasteiger partial charge in [-0.05, 0) is 50.8 Å². The fraction of sp³-hybridized carbons (Fsp3) is 0.579. The second-order valence-electron chi connectivity index (χ2n) is 6.23. The molecule has 5 nitrogen and oxygen atoms in total. The lowest BCUT2D eigenvalue weighted by molar-refractivity contribution is -0.138. The van der Waals surface area contributed by atoms with Crippen molar-refractivity contribution in [3.05, 3.63) is 29.8 Å². The van der Waals surface area contributed by atoms with Crippen molar-refractivity contribution in [1.82, 2.24) is 10.2 Å². The van der Waals surface area contributed by atoms with Gasteiger partial charge in [-0.3, -0.25) is 9.59 Å². The fourth-order valence-corrected chi connectivity index (χ4v) is 3.13. The Bertz CT molecular complexity index is 573. The molecule has 1 fully saturated rings. The number of nitrogens with one attached hydrogen (secondary N) is 1. The number of likely N-dealkylation sites (tertiary alicyclic amines) is 1. The summed E-state index contributed by atoms with van der Waals surface area (Å²) in [6, 6.07) is 7.30. The van der Waals surface area contributed by atoms with Crippen molar-refractivity contribution < 1.29 is 14.3 Å². The molecule has 2 rings (SSSR count). The maximum absolute atomic E-state index is 12.6. The second kappa shape index (κ2) is 8.71. The van der Waals surface area contributed by atoms with Crippen molar-refractivity contribution in [2.75, 3.05) is 13.2 Å². The first-order valence-corrected chi connectivity index (χ1v) is 8.89. The summed E-state index contributed by atoms with van der Waals surface area (Å²) in [7, 11) is 0. The van der Waals surface area contributed by atoms with Crippen molar-refractivity contribution >= 4 is 11.8 Å². The third-order valence-corrected chi connectivity index (χ3v) is 4.37. The van der Waals surface area contributed by atoms with E-state index in [1.165, 1.54) is 0 Å². The number of carbonyl (C=O) groups is 2. The van der Waals surface area contributed by atoms with Crippen LogP contribution < -0.4 is 10.1 Å². The molecule has 1 aliphatic rings. The van der Waals surface area contributed by atoms with Crippen LogP contribution in [0.4, 0.5) is 0 Å². The van der Waals surface area contributed by atoms with Gasteiger partial charge in [0.25, 0.3) is 0 Å². The Morgan fingerprint density at radius 1 is 1.38 bits per heavy atom. The summed E-state index contributed by atoms with van der Waals surface area (Å²) in [6.07, 6.45) is 2.95. The average molecular weight is 332 g/mol. The van der Waals surface area contributed by atoms with E-state index in [0.717, 1.165) is 30.6 Å². The molecule has 2 atom stereocenters. The summed E-state index contributed by atoms with van der Waals surface area (Å²) < 4.78 is 5.51. The molecule has 0 radical (unpaired) electrons. The molecule has 24 heavy (non-hydrogen) atoms. The molecule has 0 bridgehead atoms. The summed E-state index contributed by atoms with van der Waals surface area (Å²) in [5.41, 5.74) is 0.999. The van der Waals surface area contributed by atoms with E-state index in [1.54, 1.807) is 4.90 Å². The molecule has 5 heteroatoms. The highest BCUT2D eigenvalue weighted by molar-refractivity contribution is 5.88. The highest BCUT2D eigenvalue weighted by Gasteiger charge is 2.34. The van der Waals surface area contributed by atoms with Gasteiger partial charge in [-0.2, -0.15) is 0 Å². The molecule has 0 aromatic heterocycles. The first kappa shape index (κ1) is 18.3. The number of benzene rings is 1. The largest absolute Gasteiger partial charge is 0.494 e. The minimum atomic E-state index is -0.332. The molecule has 1 aliphatic heterocycles. The lowest BCUT2D eigenvalue weighted by Crippen LogP contribution is -2.46. The van der Waals surface area contributed by atoms with Gasteiger partial charge < -0.3 is 15.0 Å². The van der Waals surface area contributed by atoms with E-state index in [1.807, 2.05) is 45.0 Å². The molecule has 2 amide bonds. The second-order valence-corrected chi connectivity index (χ2v) is 6.23. The third kappa shape index (κ3) is 4.49. The Morgan fingerprint density at radius 2 is 2.17 bits per heavy atom. The number of ether oxygens (including phenoxy) is 1. The maximum Gasteiger partial charge on any atom is 0.243 e. The Morgan fingerprint density at radius 3 is 2.88 bits per heavy atom. The zero-order valence-corrected chi connectivity index (χ0v) is 14.9. The van der Waals surface area contributed by atoms with Crippen LogP contribution in [-0.4, -0.2) is 35.9 Å². The van der Waals surface area contributed by atoms with Gasteiger partial charge >= 0.3 is 0 Å². The van der Waals surface area contributed by atoms with Crippen molar-refractivity contribution in [3.63, 3.8) is 0 Å². The highest BCUT2D eigenvalue weighted by atomic mass is 16.5. The summed E-state index contributed by atoms with van der Waals surface area (Å²) in [6.45, 7) is 7.18. The van der Waals surface area contributed by atoms with Crippen molar-refractivity contribution in [1.29, 1.82) is 0 Å². The van der Waals surface area contributed by atoms with E-state index in [2.05, 4.69) is 5.32 Å². The van der Waals surface area contributed by atoms with Gasteiger partial charge in [-0.25, -0.2) is 0 Å². The molecule has 1 aromatic carbocycles. The van der Waals surface area contributed by atoms with Crippen LogP contribution in [-0.2, 0) is 9.59 Å². The van der Waals surface area contributed by atoms with Crippen molar-refractivity contribution in [2.24, 2.45) is 0 Å². The van der Waals surface area contributed by atoms with Crippen LogP contribution in [0, 0.1) is 0 Å². The summed E-state index contributed by atoms with van der Waals surface area (Å²) >= 11 is 0. The normalized spacial score (nSPS) is 18.3. The minimum Gasteiger partial charge on any atom is -0.494 e. The number of amides is 2. The summed E-state index contributed by atoms with van der Waals surface area (Å²) in [5.74, 6) is 0.823. The van der Waals surface area contributed by atoms with Gasteiger partial charge in [0.2, 0.25) is 11.8 Å². The van der Waals surface area contributed by atoms with Gasteiger partial charge in [0.15, 0.2) is 0 Å². The molecular formula is C19H28N2O3. The molecule has 1 aromatic rings. The zero-order chi connectivity index (χ0) is 17.5. The number of hydrogen-bond donors (Lipinski definition) is 1. The monoisotopic (exact) mass is 332 g/mol. The molecule has 132 valence electrons. The van der Waals surface area contributed by atoms with Crippen LogP contribution >= 0.6 is 0 Å².